The number of hydrogen-bond acceptors (Lipinski definition) is 5. The second-order valence-electron chi connectivity index (χ2n) is 6.77. The molecular weight excluding hydrogens is 367 g/mol. The number of aromatic nitrogens is 2. The minimum absolute atomic E-state index is 0.00322. The highest BCUT2D eigenvalue weighted by atomic mass is 32.2. The van der Waals surface area contributed by atoms with Gasteiger partial charge < -0.3 is 9.47 Å². The van der Waals surface area contributed by atoms with Crippen LogP contribution in [0.2, 0.25) is 0 Å². The maximum absolute atomic E-state index is 14.0. The van der Waals surface area contributed by atoms with Gasteiger partial charge in [0.15, 0.2) is 11.9 Å². The molecule has 0 atom stereocenters. The molecule has 0 amide bonds. The van der Waals surface area contributed by atoms with E-state index in [9.17, 15) is 9.18 Å². The SMILES string of the molecule is O=c1c2ccccc2nc(SCc2cc(F)cc3c2OCOC3)n1C1CC1. The van der Waals surface area contributed by atoms with Gasteiger partial charge in [-0.1, -0.05) is 23.9 Å². The molecule has 2 heterocycles. The Hall–Kier alpha value is -2.38. The van der Waals surface area contributed by atoms with Crippen LogP contribution in [0, 0.1) is 5.82 Å². The topological polar surface area (TPSA) is 53.4 Å². The highest BCUT2D eigenvalue weighted by molar-refractivity contribution is 7.98. The maximum Gasteiger partial charge on any atom is 0.262 e. The van der Waals surface area contributed by atoms with Gasteiger partial charge in [-0.05, 0) is 37.1 Å². The normalized spacial score (nSPS) is 16.2. The van der Waals surface area contributed by atoms with E-state index >= 15 is 0 Å². The van der Waals surface area contributed by atoms with Crippen LogP contribution in [-0.4, -0.2) is 16.3 Å². The summed E-state index contributed by atoms with van der Waals surface area (Å²) >= 11 is 1.44. The third kappa shape index (κ3) is 3.11. The fraction of sp³-hybridized carbons (Fsp3) is 0.300. The summed E-state index contributed by atoms with van der Waals surface area (Å²) in [4.78, 5) is 17.7. The minimum Gasteiger partial charge on any atom is -0.467 e. The van der Waals surface area contributed by atoms with Crippen molar-refractivity contribution in [3.05, 3.63) is 63.7 Å². The zero-order valence-electron chi connectivity index (χ0n) is 14.5. The van der Waals surface area contributed by atoms with E-state index in [1.807, 2.05) is 24.3 Å². The lowest BCUT2D eigenvalue weighted by atomic mass is 10.1. The van der Waals surface area contributed by atoms with Gasteiger partial charge in [-0.2, -0.15) is 0 Å². The van der Waals surface area contributed by atoms with Crippen LogP contribution in [-0.2, 0) is 17.1 Å². The Morgan fingerprint density at radius 2 is 2.11 bits per heavy atom. The number of benzene rings is 2. The van der Waals surface area contributed by atoms with Crippen LogP contribution < -0.4 is 10.3 Å². The molecule has 0 unspecified atom stereocenters. The fourth-order valence-corrected chi connectivity index (χ4v) is 4.42. The van der Waals surface area contributed by atoms with Crippen molar-refractivity contribution in [3.8, 4) is 5.75 Å². The van der Waals surface area contributed by atoms with Crippen LogP contribution in [0.5, 0.6) is 5.75 Å². The maximum atomic E-state index is 14.0. The number of rotatable bonds is 4. The molecule has 0 saturated heterocycles. The zero-order chi connectivity index (χ0) is 18.4. The molecule has 1 aromatic heterocycles. The molecule has 1 saturated carbocycles. The second-order valence-corrected chi connectivity index (χ2v) is 7.71. The number of fused-ring (bicyclic) bond motifs is 2. The predicted octanol–water partition coefficient (Wildman–Crippen LogP) is 4.03. The molecule has 2 aromatic carbocycles. The number of hydrogen-bond donors (Lipinski definition) is 0. The lowest BCUT2D eigenvalue weighted by molar-refractivity contribution is -0.0171. The standard InChI is InChI=1S/C20H17FN2O3S/c21-14-7-12-9-25-11-26-18(12)13(8-14)10-27-20-22-17-4-2-1-3-16(17)19(24)23(20)15-5-6-15/h1-4,7-8,15H,5-6,9-11H2. The minimum atomic E-state index is -0.315. The van der Waals surface area contributed by atoms with E-state index in [1.54, 1.807) is 4.57 Å². The summed E-state index contributed by atoms with van der Waals surface area (Å²) in [6.07, 6.45) is 1.98. The van der Waals surface area contributed by atoms with Crippen molar-refractivity contribution >= 4 is 22.7 Å². The third-order valence-electron chi connectivity index (χ3n) is 4.80. The molecule has 0 spiro atoms. The highest BCUT2D eigenvalue weighted by Gasteiger charge is 2.29. The van der Waals surface area contributed by atoms with E-state index in [0.717, 1.165) is 18.4 Å². The number of nitrogens with zero attached hydrogens (tertiary/aromatic N) is 2. The van der Waals surface area contributed by atoms with Gasteiger partial charge in [0.25, 0.3) is 5.56 Å². The van der Waals surface area contributed by atoms with Gasteiger partial charge in [0.1, 0.15) is 11.6 Å². The quantitative estimate of drug-likeness (QED) is 0.502. The molecule has 0 bridgehead atoms. The predicted molar refractivity (Wildman–Crippen MR) is 101 cm³/mol. The molecule has 1 aliphatic carbocycles. The Kier molecular flexibility index (Phi) is 4.13. The summed E-state index contributed by atoms with van der Waals surface area (Å²) in [6, 6.07) is 10.5. The summed E-state index contributed by atoms with van der Waals surface area (Å²) in [6.45, 7) is 0.503. The first-order chi connectivity index (χ1) is 13.2. The van der Waals surface area contributed by atoms with Crippen LogP contribution in [0.4, 0.5) is 4.39 Å². The van der Waals surface area contributed by atoms with Gasteiger partial charge in [-0.25, -0.2) is 9.37 Å². The molecule has 1 fully saturated rings. The molecule has 5 rings (SSSR count). The van der Waals surface area contributed by atoms with Crippen molar-refractivity contribution in [2.75, 3.05) is 6.79 Å². The molecule has 3 aromatic rings. The lowest BCUT2D eigenvalue weighted by Crippen LogP contribution is -2.22. The summed E-state index contributed by atoms with van der Waals surface area (Å²) in [5.74, 6) is 0.832. The van der Waals surface area contributed by atoms with E-state index < -0.39 is 0 Å². The Labute approximate surface area is 159 Å². The second kappa shape index (κ2) is 6.65. The van der Waals surface area contributed by atoms with Gasteiger partial charge in [0.05, 0.1) is 17.5 Å². The zero-order valence-corrected chi connectivity index (χ0v) is 15.3. The summed E-state index contributed by atoms with van der Waals surface area (Å²) in [5.41, 5.74) is 2.15. The van der Waals surface area contributed by atoms with Crippen LogP contribution in [0.25, 0.3) is 10.9 Å². The van der Waals surface area contributed by atoms with Crippen LogP contribution >= 0.6 is 11.8 Å². The lowest BCUT2D eigenvalue weighted by Gasteiger charge is -2.21. The number of para-hydroxylation sites is 1. The van der Waals surface area contributed by atoms with E-state index in [1.165, 1.54) is 23.9 Å². The van der Waals surface area contributed by atoms with Crippen molar-refractivity contribution in [2.45, 2.75) is 36.4 Å². The average Bonchev–Trinajstić information content (AvgIpc) is 3.51. The first-order valence-electron chi connectivity index (χ1n) is 8.86. The van der Waals surface area contributed by atoms with Crippen LogP contribution in [0.15, 0.2) is 46.3 Å². The van der Waals surface area contributed by atoms with Crippen molar-refractivity contribution in [1.29, 1.82) is 0 Å². The van der Waals surface area contributed by atoms with Crippen LogP contribution in [0.3, 0.4) is 0 Å². The molecule has 0 radical (unpaired) electrons. The molecular formula is C20H17FN2O3S. The first kappa shape index (κ1) is 16.8. The number of ether oxygens (including phenoxy) is 2. The number of thioether (sulfide) groups is 1. The summed E-state index contributed by atoms with van der Waals surface area (Å²) in [5, 5.41) is 1.31. The summed E-state index contributed by atoms with van der Waals surface area (Å²) < 4.78 is 26.6. The Morgan fingerprint density at radius 3 is 2.96 bits per heavy atom. The Bertz CT molecular complexity index is 1090. The monoisotopic (exact) mass is 384 g/mol. The van der Waals surface area contributed by atoms with Gasteiger partial charge in [-0.3, -0.25) is 9.36 Å². The largest absolute Gasteiger partial charge is 0.467 e. The molecule has 0 N–H and O–H groups in total. The van der Waals surface area contributed by atoms with Gasteiger partial charge in [-0.15, -0.1) is 0 Å². The van der Waals surface area contributed by atoms with Crippen LogP contribution in [0.1, 0.15) is 30.0 Å². The van der Waals surface area contributed by atoms with Crippen molar-refractivity contribution in [1.82, 2.24) is 9.55 Å². The van der Waals surface area contributed by atoms with E-state index in [-0.39, 0.29) is 24.2 Å². The van der Waals surface area contributed by atoms with Gasteiger partial charge >= 0.3 is 0 Å². The molecule has 27 heavy (non-hydrogen) atoms. The molecule has 1 aliphatic heterocycles. The first-order valence-corrected chi connectivity index (χ1v) is 9.85. The van der Waals surface area contributed by atoms with Gasteiger partial charge in [0, 0.05) is 22.9 Å². The van der Waals surface area contributed by atoms with Gasteiger partial charge in [0.2, 0.25) is 0 Å². The number of halogens is 1. The molecule has 5 nitrogen and oxygen atoms in total. The third-order valence-corrected chi connectivity index (χ3v) is 5.80. The highest BCUT2D eigenvalue weighted by Crippen LogP contribution is 2.39. The smallest absolute Gasteiger partial charge is 0.262 e. The fourth-order valence-electron chi connectivity index (χ4n) is 3.39. The molecule has 2 aliphatic rings. The molecule has 138 valence electrons. The van der Waals surface area contributed by atoms with E-state index in [4.69, 9.17) is 14.5 Å². The molecule has 7 heteroatoms. The Morgan fingerprint density at radius 1 is 1.26 bits per heavy atom. The van der Waals surface area contributed by atoms with Crippen molar-refractivity contribution in [2.24, 2.45) is 0 Å². The van der Waals surface area contributed by atoms with Crippen molar-refractivity contribution in [3.63, 3.8) is 0 Å². The van der Waals surface area contributed by atoms with E-state index in [2.05, 4.69) is 0 Å². The Balaban J connectivity index is 1.53. The van der Waals surface area contributed by atoms with E-state index in [0.29, 0.717) is 39.7 Å². The summed E-state index contributed by atoms with van der Waals surface area (Å²) in [7, 11) is 0. The average molecular weight is 384 g/mol. The van der Waals surface area contributed by atoms with Crippen molar-refractivity contribution < 1.29 is 13.9 Å².